The molecular weight excluding hydrogens is 290 g/mol. The molecule has 21 heavy (non-hydrogen) atoms. The fraction of sp³-hybridized carbons (Fsp3) is 0.438. The maximum atomic E-state index is 11.9. The molecule has 0 saturated carbocycles. The molecule has 0 radical (unpaired) electrons. The Morgan fingerprint density at radius 3 is 2.95 bits per heavy atom. The van der Waals surface area contributed by atoms with E-state index < -0.39 is 11.6 Å². The summed E-state index contributed by atoms with van der Waals surface area (Å²) in [5.74, 6) is -0.939. The zero-order valence-electron chi connectivity index (χ0n) is 12.1. The van der Waals surface area contributed by atoms with E-state index in [1.54, 1.807) is 0 Å². The van der Waals surface area contributed by atoms with Gasteiger partial charge in [-0.05, 0) is 37.0 Å². The third-order valence-electron chi connectivity index (χ3n) is 4.27. The molecule has 0 fully saturated rings. The lowest BCUT2D eigenvalue weighted by Gasteiger charge is -2.33. The van der Waals surface area contributed by atoms with Gasteiger partial charge < -0.3 is 14.8 Å². The summed E-state index contributed by atoms with van der Waals surface area (Å²) in [4.78, 5) is 15.2. The minimum atomic E-state index is -1.28. The van der Waals surface area contributed by atoms with Crippen molar-refractivity contribution in [2.75, 3.05) is 6.61 Å². The van der Waals surface area contributed by atoms with Gasteiger partial charge in [-0.3, -0.25) is 0 Å². The number of H-pyrrole nitrogens is 1. The maximum Gasteiger partial charge on any atom is 0.342 e. The zero-order chi connectivity index (χ0) is 15.2. The molecule has 5 heteroatoms. The van der Waals surface area contributed by atoms with E-state index in [9.17, 15) is 9.90 Å². The van der Waals surface area contributed by atoms with E-state index in [4.69, 9.17) is 16.3 Å². The SMILES string of the molecule is CCCC1(C(=O)O)OCCc2c1[nH]c1c(C)ccc(Cl)c21. The second-order valence-corrected chi connectivity index (χ2v) is 5.98. The van der Waals surface area contributed by atoms with Crippen LogP contribution >= 0.6 is 11.6 Å². The van der Waals surface area contributed by atoms with Gasteiger partial charge in [-0.25, -0.2) is 4.79 Å². The number of benzene rings is 1. The highest BCUT2D eigenvalue weighted by Gasteiger charge is 2.46. The molecule has 0 aliphatic carbocycles. The molecule has 0 saturated heterocycles. The Morgan fingerprint density at radius 1 is 1.52 bits per heavy atom. The molecule has 1 aromatic carbocycles. The van der Waals surface area contributed by atoms with E-state index >= 15 is 0 Å². The predicted octanol–water partition coefficient (Wildman–Crippen LogP) is 3.78. The van der Waals surface area contributed by atoms with Crippen LogP contribution in [0.3, 0.4) is 0 Å². The first-order chi connectivity index (χ1) is 10.0. The highest BCUT2D eigenvalue weighted by molar-refractivity contribution is 6.36. The molecule has 3 rings (SSSR count). The first kappa shape index (κ1) is 14.4. The van der Waals surface area contributed by atoms with Crippen LogP contribution in [0.15, 0.2) is 12.1 Å². The predicted molar refractivity (Wildman–Crippen MR) is 81.9 cm³/mol. The number of hydrogen-bond donors (Lipinski definition) is 2. The van der Waals surface area contributed by atoms with Gasteiger partial charge in [0.2, 0.25) is 5.60 Å². The van der Waals surface area contributed by atoms with Gasteiger partial charge in [-0.15, -0.1) is 0 Å². The summed E-state index contributed by atoms with van der Waals surface area (Å²) in [7, 11) is 0. The quantitative estimate of drug-likeness (QED) is 0.907. The molecule has 112 valence electrons. The first-order valence-corrected chi connectivity index (χ1v) is 7.56. The zero-order valence-corrected chi connectivity index (χ0v) is 12.9. The number of carboxylic acid groups (broad SMARTS) is 1. The Morgan fingerprint density at radius 2 is 2.29 bits per heavy atom. The summed E-state index contributed by atoms with van der Waals surface area (Å²) in [5, 5.41) is 11.4. The van der Waals surface area contributed by atoms with Crippen LogP contribution in [0.1, 0.15) is 36.6 Å². The van der Waals surface area contributed by atoms with Crippen LogP contribution in [0, 0.1) is 6.92 Å². The summed E-state index contributed by atoms with van der Waals surface area (Å²) < 4.78 is 5.73. The van der Waals surface area contributed by atoms with E-state index in [2.05, 4.69) is 4.98 Å². The van der Waals surface area contributed by atoms with Crippen molar-refractivity contribution in [3.05, 3.63) is 34.0 Å². The van der Waals surface area contributed by atoms with Gasteiger partial charge in [-0.1, -0.05) is 31.0 Å². The van der Waals surface area contributed by atoms with Gasteiger partial charge in [0.15, 0.2) is 0 Å². The highest BCUT2D eigenvalue weighted by Crippen LogP contribution is 2.42. The number of fused-ring (bicyclic) bond motifs is 3. The van der Waals surface area contributed by atoms with Gasteiger partial charge >= 0.3 is 5.97 Å². The summed E-state index contributed by atoms with van der Waals surface area (Å²) in [5.41, 5.74) is 2.34. The Hall–Kier alpha value is -1.52. The fourth-order valence-corrected chi connectivity index (χ4v) is 3.55. The molecule has 0 amide bonds. The minimum Gasteiger partial charge on any atom is -0.479 e. The highest BCUT2D eigenvalue weighted by atomic mass is 35.5. The van der Waals surface area contributed by atoms with Crippen molar-refractivity contribution in [2.45, 2.75) is 38.7 Å². The fourth-order valence-electron chi connectivity index (χ4n) is 3.28. The Labute approximate surface area is 128 Å². The Kier molecular flexibility index (Phi) is 3.46. The molecule has 1 unspecified atom stereocenters. The average molecular weight is 308 g/mol. The molecule has 1 aliphatic heterocycles. The van der Waals surface area contributed by atoms with Gasteiger partial charge in [-0.2, -0.15) is 0 Å². The molecular formula is C16H18ClNO3. The van der Waals surface area contributed by atoms with Crippen LogP contribution < -0.4 is 0 Å². The number of aryl methyl sites for hydroxylation is 1. The molecule has 2 N–H and O–H groups in total. The van der Waals surface area contributed by atoms with Crippen molar-refractivity contribution in [1.82, 2.24) is 4.98 Å². The average Bonchev–Trinajstić information content (AvgIpc) is 2.85. The normalized spacial score (nSPS) is 21.5. The topological polar surface area (TPSA) is 62.3 Å². The summed E-state index contributed by atoms with van der Waals surface area (Å²) in [6, 6.07) is 3.81. The maximum absolute atomic E-state index is 11.9. The van der Waals surface area contributed by atoms with Crippen molar-refractivity contribution >= 4 is 28.5 Å². The van der Waals surface area contributed by atoms with Gasteiger partial charge in [0, 0.05) is 5.39 Å². The number of carboxylic acids is 1. The number of aromatic nitrogens is 1. The number of aromatic amines is 1. The molecule has 1 atom stereocenters. The van der Waals surface area contributed by atoms with E-state index in [0.717, 1.165) is 28.5 Å². The second-order valence-electron chi connectivity index (χ2n) is 5.57. The molecule has 2 heterocycles. The largest absolute Gasteiger partial charge is 0.479 e. The van der Waals surface area contributed by atoms with Crippen LogP contribution in [0.25, 0.3) is 10.9 Å². The van der Waals surface area contributed by atoms with Crippen molar-refractivity contribution in [3.8, 4) is 0 Å². The lowest BCUT2D eigenvalue weighted by atomic mass is 9.87. The van der Waals surface area contributed by atoms with E-state index in [1.165, 1.54) is 0 Å². The van der Waals surface area contributed by atoms with E-state index in [0.29, 0.717) is 30.2 Å². The number of nitrogens with one attached hydrogen (secondary N) is 1. The van der Waals surface area contributed by atoms with E-state index in [-0.39, 0.29) is 0 Å². The van der Waals surface area contributed by atoms with Gasteiger partial charge in [0.05, 0.1) is 22.8 Å². The van der Waals surface area contributed by atoms with Crippen molar-refractivity contribution in [1.29, 1.82) is 0 Å². The Balaban J connectivity index is 2.34. The third-order valence-corrected chi connectivity index (χ3v) is 4.58. The second kappa shape index (κ2) is 5.04. The van der Waals surface area contributed by atoms with Crippen LogP contribution in [-0.4, -0.2) is 22.7 Å². The summed E-state index contributed by atoms with van der Waals surface area (Å²) >= 11 is 6.35. The number of rotatable bonds is 3. The third kappa shape index (κ3) is 1.97. The van der Waals surface area contributed by atoms with Crippen molar-refractivity contribution < 1.29 is 14.6 Å². The summed E-state index contributed by atoms with van der Waals surface area (Å²) in [6.07, 6.45) is 1.85. The lowest BCUT2D eigenvalue weighted by molar-refractivity contribution is -0.171. The van der Waals surface area contributed by atoms with Gasteiger partial charge in [0.25, 0.3) is 0 Å². The molecule has 1 aliphatic rings. The van der Waals surface area contributed by atoms with Crippen molar-refractivity contribution in [3.63, 3.8) is 0 Å². The molecule has 4 nitrogen and oxygen atoms in total. The monoisotopic (exact) mass is 307 g/mol. The number of aliphatic carboxylic acids is 1. The van der Waals surface area contributed by atoms with E-state index in [1.807, 2.05) is 26.0 Å². The van der Waals surface area contributed by atoms with Crippen LogP contribution in [0.2, 0.25) is 5.02 Å². The number of halogens is 1. The molecule has 1 aromatic heterocycles. The first-order valence-electron chi connectivity index (χ1n) is 7.18. The minimum absolute atomic E-state index is 0.399. The molecule has 0 bridgehead atoms. The van der Waals surface area contributed by atoms with Crippen LogP contribution in [0.5, 0.6) is 0 Å². The number of ether oxygens (including phenoxy) is 1. The summed E-state index contributed by atoms with van der Waals surface area (Å²) in [6.45, 7) is 4.35. The van der Waals surface area contributed by atoms with Crippen molar-refractivity contribution in [2.24, 2.45) is 0 Å². The molecule has 2 aromatic rings. The standard InChI is InChI=1S/C16H18ClNO3/c1-3-7-16(15(19)20)14-10(6-8-21-16)12-11(17)5-4-9(2)13(12)18-14/h4-5,18H,3,6-8H2,1-2H3,(H,19,20). The lowest BCUT2D eigenvalue weighted by Crippen LogP contribution is -2.43. The smallest absolute Gasteiger partial charge is 0.342 e. The number of hydrogen-bond acceptors (Lipinski definition) is 2. The van der Waals surface area contributed by atoms with Crippen LogP contribution in [-0.2, 0) is 21.6 Å². The van der Waals surface area contributed by atoms with Gasteiger partial charge in [0.1, 0.15) is 0 Å². The number of carbonyl (C=O) groups is 1. The molecule has 0 spiro atoms. The Bertz CT molecular complexity index is 722. The van der Waals surface area contributed by atoms with Crippen LogP contribution in [0.4, 0.5) is 0 Å².